The minimum atomic E-state index is -1.52. The maximum absolute atomic E-state index is 12.7. The van der Waals surface area contributed by atoms with Crippen molar-refractivity contribution < 1.29 is 18.0 Å². The summed E-state index contributed by atoms with van der Waals surface area (Å²) in [5, 5.41) is 2.49. The minimum Gasteiger partial charge on any atom is -0.376 e. The van der Waals surface area contributed by atoms with E-state index in [1.807, 2.05) is 0 Å². The Morgan fingerprint density at radius 3 is 2.21 bits per heavy atom. The van der Waals surface area contributed by atoms with Gasteiger partial charge in [0.2, 0.25) is 0 Å². The fourth-order valence-electron chi connectivity index (χ4n) is 0.936. The van der Waals surface area contributed by atoms with E-state index >= 15 is 0 Å². The van der Waals surface area contributed by atoms with Gasteiger partial charge in [-0.3, -0.25) is 0 Å². The number of nitrogens with one attached hydrogen (secondary N) is 1. The Morgan fingerprint density at radius 1 is 1.29 bits per heavy atom. The van der Waals surface area contributed by atoms with E-state index in [1.165, 1.54) is 6.92 Å². The Kier molecular flexibility index (Phi) is 3.11. The Hall–Kier alpha value is -1.52. The first-order valence-electron chi connectivity index (χ1n) is 3.91. The number of carbonyl (C=O) groups excluding carboxylic acids is 1. The van der Waals surface area contributed by atoms with Crippen LogP contribution in [0.1, 0.15) is 6.92 Å². The van der Waals surface area contributed by atoms with Crippen molar-refractivity contribution >= 4 is 12.0 Å². The molecule has 0 aromatic heterocycles. The molecule has 0 fully saturated rings. The second kappa shape index (κ2) is 4.13. The zero-order chi connectivity index (χ0) is 10.7. The van der Waals surface area contributed by atoms with Gasteiger partial charge in [0.15, 0.2) is 17.5 Å². The molecule has 0 amide bonds. The lowest BCUT2D eigenvalue weighted by Crippen LogP contribution is -2.16. The van der Waals surface area contributed by atoms with Gasteiger partial charge in [0, 0.05) is 17.8 Å². The lowest BCUT2D eigenvalue weighted by Gasteiger charge is -2.09. The van der Waals surface area contributed by atoms with Crippen LogP contribution < -0.4 is 5.32 Å². The number of anilines is 1. The van der Waals surface area contributed by atoms with Crippen LogP contribution in [0.15, 0.2) is 12.1 Å². The summed E-state index contributed by atoms with van der Waals surface area (Å²) in [6.45, 7) is 1.51. The van der Waals surface area contributed by atoms with Crippen molar-refractivity contribution in [3.8, 4) is 0 Å². The number of aldehydes is 1. The SMILES string of the molecule is C[C@@H](C=O)Nc1cc(F)c(F)c(F)c1. The lowest BCUT2D eigenvalue weighted by molar-refractivity contribution is -0.108. The van der Waals surface area contributed by atoms with Crippen molar-refractivity contribution in [1.82, 2.24) is 0 Å². The van der Waals surface area contributed by atoms with E-state index in [1.54, 1.807) is 0 Å². The summed E-state index contributed by atoms with van der Waals surface area (Å²) in [5.41, 5.74) is 0.0287. The van der Waals surface area contributed by atoms with Crippen LogP contribution in [-0.4, -0.2) is 12.3 Å². The van der Waals surface area contributed by atoms with Gasteiger partial charge in [-0.15, -0.1) is 0 Å². The molecule has 14 heavy (non-hydrogen) atoms. The number of hydrogen-bond acceptors (Lipinski definition) is 2. The molecule has 0 saturated carbocycles. The highest BCUT2D eigenvalue weighted by atomic mass is 19.2. The van der Waals surface area contributed by atoms with Gasteiger partial charge >= 0.3 is 0 Å². The standard InChI is InChI=1S/C9H8F3NO/c1-5(4-14)13-6-2-7(10)9(12)8(11)3-6/h2-5,13H,1H3/t5-/m0/s1. The van der Waals surface area contributed by atoms with E-state index < -0.39 is 23.5 Å². The van der Waals surface area contributed by atoms with Crippen molar-refractivity contribution in [1.29, 1.82) is 0 Å². The molecule has 0 heterocycles. The highest BCUT2D eigenvalue weighted by Gasteiger charge is 2.11. The molecule has 0 saturated heterocycles. The topological polar surface area (TPSA) is 29.1 Å². The van der Waals surface area contributed by atoms with Crippen LogP contribution in [0.5, 0.6) is 0 Å². The number of benzene rings is 1. The first kappa shape index (κ1) is 10.6. The fraction of sp³-hybridized carbons (Fsp3) is 0.222. The van der Waals surface area contributed by atoms with Crippen molar-refractivity contribution in [2.75, 3.05) is 5.32 Å². The molecule has 0 spiro atoms. The monoisotopic (exact) mass is 203 g/mol. The van der Waals surface area contributed by atoms with Crippen molar-refractivity contribution in [2.45, 2.75) is 13.0 Å². The Morgan fingerprint density at radius 2 is 1.79 bits per heavy atom. The van der Waals surface area contributed by atoms with Crippen LogP contribution in [0, 0.1) is 17.5 Å². The third-order valence-electron chi connectivity index (χ3n) is 1.58. The maximum atomic E-state index is 12.7. The zero-order valence-electron chi connectivity index (χ0n) is 7.35. The molecular weight excluding hydrogens is 195 g/mol. The van der Waals surface area contributed by atoms with Gasteiger partial charge in [0.05, 0.1) is 6.04 Å². The molecule has 0 aliphatic rings. The van der Waals surface area contributed by atoms with Crippen LogP contribution in [0.4, 0.5) is 18.9 Å². The molecule has 1 aromatic rings. The Bertz CT molecular complexity index is 331. The Labute approximate surface area is 78.7 Å². The van der Waals surface area contributed by atoms with E-state index in [-0.39, 0.29) is 5.69 Å². The highest BCUT2D eigenvalue weighted by Crippen LogP contribution is 2.17. The highest BCUT2D eigenvalue weighted by molar-refractivity contribution is 5.63. The van der Waals surface area contributed by atoms with Crippen LogP contribution in [0.2, 0.25) is 0 Å². The van der Waals surface area contributed by atoms with Crippen LogP contribution >= 0.6 is 0 Å². The number of halogens is 3. The summed E-state index contributed by atoms with van der Waals surface area (Å²) >= 11 is 0. The molecule has 1 rings (SSSR count). The normalized spacial score (nSPS) is 12.3. The molecular formula is C9H8F3NO. The summed E-state index contributed by atoms with van der Waals surface area (Å²) in [6, 6.07) is 0.996. The van der Waals surface area contributed by atoms with Gasteiger partial charge < -0.3 is 10.1 Å². The van der Waals surface area contributed by atoms with E-state index in [0.717, 1.165) is 12.1 Å². The van der Waals surface area contributed by atoms with Gasteiger partial charge in [-0.05, 0) is 6.92 Å². The number of hydrogen-bond donors (Lipinski definition) is 1. The molecule has 1 N–H and O–H groups in total. The van der Waals surface area contributed by atoms with E-state index in [0.29, 0.717) is 6.29 Å². The molecule has 1 aromatic carbocycles. The van der Waals surface area contributed by atoms with E-state index in [2.05, 4.69) is 5.32 Å². The third-order valence-corrected chi connectivity index (χ3v) is 1.58. The molecule has 5 heteroatoms. The molecule has 2 nitrogen and oxygen atoms in total. The quantitative estimate of drug-likeness (QED) is 0.602. The second-order valence-electron chi connectivity index (χ2n) is 2.82. The maximum Gasteiger partial charge on any atom is 0.194 e. The van der Waals surface area contributed by atoms with Crippen LogP contribution in [0.3, 0.4) is 0 Å². The van der Waals surface area contributed by atoms with Crippen molar-refractivity contribution in [3.63, 3.8) is 0 Å². The third kappa shape index (κ3) is 2.25. The molecule has 0 radical (unpaired) electrons. The predicted octanol–water partition coefficient (Wildman–Crippen LogP) is 2.10. The smallest absolute Gasteiger partial charge is 0.194 e. The predicted molar refractivity (Wildman–Crippen MR) is 45.5 cm³/mol. The first-order chi connectivity index (χ1) is 6.54. The molecule has 76 valence electrons. The van der Waals surface area contributed by atoms with Crippen molar-refractivity contribution in [3.05, 3.63) is 29.6 Å². The second-order valence-corrected chi connectivity index (χ2v) is 2.82. The average molecular weight is 203 g/mol. The molecule has 1 atom stereocenters. The summed E-state index contributed by atoms with van der Waals surface area (Å²) < 4.78 is 37.8. The largest absolute Gasteiger partial charge is 0.376 e. The van der Waals surface area contributed by atoms with E-state index in [9.17, 15) is 18.0 Å². The molecule has 0 aliphatic carbocycles. The van der Waals surface area contributed by atoms with Crippen LogP contribution in [0.25, 0.3) is 0 Å². The molecule has 0 bridgehead atoms. The van der Waals surface area contributed by atoms with E-state index in [4.69, 9.17) is 0 Å². The average Bonchev–Trinajstić information content (AvgIpc) is 2.14. The van der Waals surface area contributed by atoms with Crippen molar-refractivity contribution in [2.24, 2.45) is 0 Å². The first-order valence-corrected chi connectivity index (χ1v) is 3.91. The van der Waals surface area contributed by atoms with Gasteiger partial charge in [-0.25, -0.2) is 13.2 Å². The van der Waals surface area contributed by atoms with Gasteiger partial charge in [-0.2, -0.15) is 0 Å². The number of carbonyl (C=O) groups is 1. The zero-order valence-corrected chi connectivity index (χ0v) is 7.35. The van der Waals surface area contributed by atoms with Crippen LogP contribution in [-0.2, 0) is 4.79 Å². The molecule has 0 unspecified atom stereocenters. The summed E-state index contributed by atoms with van der Waals surface area (Å²) in [5.74, 6) is -4.09. The summed E-state index contributed by atoms with van der Waals surface area (Å²) in [7, 11) is 0. The van der Waals surface area contributed by atoms with Gasteiger partial charge in [0.25, 0.3) is 0 Å². The molecule has 0 aliphatic heterocycles. The van der Waals surface area contributed by atoms with Gasteiger partial charge in [0.1, 0.15) is 6.29 Å². The lowest BCUT2D eigenvalue weighted by atomic mass is 10.2. The minimum absolute atomic E-state index is 0.0287. The number of rotatable bonds is 3. The summed E-state index contributed by atoms with van der Waals surface area (Å²) in [6.07, 6.45) is 0.569. The Balaban J connectivity index is 2.95. The van der Waals surface area contributed by atoms with Gasteiger partial charge in [-0.1, -0.05) is 0 Å². The fourth-order valence-corrected chi connectivity index (χ4v) is 0.936. The summed E-state index contributed by atoms with van der Waals surface area (Å²) in [4.78, 5) is 10.2.